The van der Waals surface area contributed by atoms with Gasteiger partial charge in [-0.1, -0.05) is 102 Å². The number of carbonyl (C=O) groups excluding carboxylic acids is 5. The molecule has 18 nitrogen and oxygen atoms in total. The topological polar surface area (TPSA) is 239 Å². The van der Waals surface area contributed by atoms with E-state index in [0.717, 1.165) is 138 Å². The molecule has 506 valence electrons. The third-order valence-electron chi connectivity index (χ3n) is 19.0. The fourth-order valence-electron chi connectivity index (χ4n) is 12.6. The van der Waals surface area contributed by atoms with E-state index in [1.165, 1.54) is 7.11 Å². The Hall–Kier alpha value is -5.05. The van der Waals surface area contributed by atoms with Crippen LogP contribution in [0.15, 0.2) is 73.8 Å². The van der Waals surface area contributed by atoms with E-state index in [0.29, 0.717) is 56.4 Å². The van der Waals surface area contributed by atoms with Gasteiger partial charge in [-0.05, 0) is 143 Å². The van der Waals surface area contributed by atoms with Crippen molar-refractivity contribution in [3.8, 4) is 11.1 Å². The molecule has 14 atom stereocenters. The Morgan fingerprint density at radius 1 is 0.611 bits per heavy atom. The van der Waals surface area contributed by atoms with E-state index in [1.54, 1.807) is 27.9 Å². The number of aliphatic hydroxyl groups excluding tert-OH is 2. The first-order chi connectivity index (χ1) is 43.2. The van der Waals surface area contributed by atoms with Crippen molar-refractivity contribution in [2.24, 2.45) is 35.5 Å². The summed E-state index contributed by atoms with van der Waals surface area (Å²) in [6, 6.07) is 16.3. The quantitative estimate of drug-likeness (QED) is 0.0295. The molecule has 0 radical (unpaired) electrons. The molecule has 1 aliphatic carbocycles. The normalized spacial score (nSPS) is 25.6. The van der Waals surface area contributed by atoms with Crippen LogP contribution in [-0.4, -0.2) is 148 Å². The van der Waals surface area contributed by atoms with Gasteiger partial charge in [0, 0.05) is 84.8 Å². The highest BCUT2D eigenvalue weighted by molar-refractivity contribution is 5.81. The van der Waals surface area contributed by atoms with E-state index in [4.69, 9.17) is 28.4 Å². The van der Waals surface area contributed by atoms with Gasteiger partial charge in [-0.2, -0.15) is 0 Å². The third kappa shape index (κ3) is 24.8. The van der Waals surface area contributed by atoms with Crippen molar-refractivity contribution in [3.05, 3.63) is 85.0 Å². The number of hydrogen-bond donors (Lipinski definition) is 6. The summed E-state index contributed by atoms with van der Waals surface area (Å²) < 4.78 is 41.5. The summed E-state index contributed by atoms with van der Waals surface area (Å²) in [6.45, 7) is 23.6. The highest BCUT2D eigenvalue weighted by Crippen LogP contribution is 2.46. The zero-order valence-electron chi connectivity index (χ0n) is 56.1. The van der Waals surface area contributed by atoms with Crippen molar-refractivity contribution >= 4 is 29.6 Å². The standard InChI is InChI=1S/C39H54N2O6.C28H50N2O6.C5H10O2/c1-5-26(2)18-19-29-12-10-21-39(46-29)22-20-27(3)36(47-39)17-11-23-40-37(43)28(4)35(42)24-41-38(44)45-25-34-32-15-8-6-13-30(32)31-14-7-9-16-33(31)34;1-6-20(2)11-12-23-9-7-15-28(35-23)16-13-21(3)25(36-28)10-8-17-29-27(33)22(4)24(31)19-30-26(32)14-18-34-5;1-5(6)3-4-7-2/h5-9,13-16,26-29,34-36,42H,1,10-12,17-25H2,2-4H3,(H,40,43)(H,41,44);6,20-25,31H,1,7-19H2,2-5H3,(H,29,33)(H,30,32);3-4H2,1-2H3/t26-,27?,28+,29+,35+,36-,39+;20-,21?,22+,23+,24+,25-,28+;/m11./s1. The molecule has 4 fully saturated rings. The lowest BCUT2D eigenvalue weighted by atomic mass is 9.85. The van der Waals surface area contributed by atoms with Gasteiger partial charge in [0.1, 0.15) is 12.4 Å². The Kier molecular flexibility index (Phi) is 33.2. The van der Waals surface area contributed by atoms with E-state index in [-0.39, 0.29) is 80.0 Å². The largest absolute Gasteiger partial charge is 0.449 e. The van der Waals surface area contributed by atoms with Gasteiger partial charge in [0.2, 0.25) is 17.7 Å². The molecule has 4 amide bonds. The van der Waals surface area contributed by atoms with E-state index in [1.807, 2.05) is 36.4 Å². The van der Waals surface area contributed by atoms with Crippen LogP contribution in [0.25, 0.3) is 11.1 Å². The Bertz CT molecular complexity index is 2470. The van der Waals surface area contributed by atoms with Gasteiger partial charge < -0.3 is 64.6 Å². The minimum Gasteiger partial charge on any atom is -0.449 e. The number of rotatable bonds is 32. The van der Waals surface area contributed by atoms with Crippen LogP contribution in [0.2, 0.25) is 0 Å². The van der Waals surface area contributed by atoms with Gasteiger partial charge in [0.05, 0.1) is 61.7 Å². The first kappa shape index (κ1) is 75.7. The average molecular weight is 1260 g/mol. The van der Waals surface area contributed by atoms with Crippen LogP contribution in [-0.2, 0) is 52.3 Å². The lowest BCUT2D eigenvalue weighted by Crippen LogP contribution is -2.50. The zero-order valence-corrected chi connectivity index (χ0v) is 56.1. The second kappa shape index (κ2) is 39.5. The molecular formula is C72H114N4O14. The van der Waals surface area contributed by atoms with Crippen molar-refractivity contribution in [1.82, 2.24) is 21.3 Å². The van der Waals surface area contributed by atoms with Gasteiger partial charge in [-0.15, -0.1) is 13.2 Å². The average Bonchev–Trinajstić information content (AvgIpc) is 1.56. The number of allylic oxidation sites excluding steroid dienone is 2. The summed E-state index contributed by atoms with van der Waals surface area (Å²) in [6.07, 6.45) is 20.8. The fourth-order valence-corrected chi connectivity index (χ4v) is 12.6. The van der Waals surface area contributed by atoms with Gasteiger partial charge in [-0.3, -0.25) is 19.2 Å². The van der Waals surface area contributed by atoms with Crippen molar-refractivity contribution in [2.75, 3.05) is 60.2 Å². The van der Waals surface area contributed by atoms with Gasteiger partial charge in [-0.25, -0.2) is 4.79 Å². The van der Waals surface area contributed by atoms with Crippen LogP contribution < -0.4 is 21.3 Å². The Balaban J connectivity index is 0.000000304. The number of amides is 4. The molecule has 90 heavy (non-hydrogen) atoms. The molecular weight excluding hydrogens is 1140 g/mol. The summed E-state index contributed by atoms with van der Waals surface area (Å²) in [4.78, 5) is 59.6. The number of ether oxygens (including phenoxy) is 7. The first-order valence-electron chi connectivity index (χ1n) is 33.9. The number of carbonyl (C=O) groups is 5. The second-order valence-corrected chi connectivity index (χ2v) is 26.3. The second-order valence-electron chi connectivity index (χ2n) is 26.3. The number of hydrogen-bond acceptors (Lipinski definition) is 14. The Labute approximate surface area is 538 Å². The molecule has 6 N–H and O–H groups in total. The van der Waals surface area contributed by atoms with E-state index < -0.39 is 41.7 Å². The summed E-state index contributed by atoms with van der Waals surface area (Å²) in [5.41, 5.74) is 4.59. The molecule has 2 aromatic rings. The monoisotopic (exact) mass is 1260 g/mol. The Morgan fingerprint density at radius 3 is 1.49 bits per heavy atom. The molecule has 0 bridgehead atoms. The summed E-state index contributed by atoms with van der Waals surface area (Å²) >= 11 is 0. The van der Waals surface area contributed by atoms with Crippen LogP contribution in [0.1, 0.15) is 194 Å². The number of Topliss-reactive ketones (excluding diaryl/α,β-unsaturated/α-hetero) is 1. The number of aliphatic hydroxyl groups is 2. The summed E-state index contributed by atoms with van der Waals surface area (Å²) in [7, 11) is 3.11. The number of alkyl carbamates (subject to hydrolysis) is 1. The minimum atomic E-state index is -1.04. The highest BCUT2D eigenvalue weighted by atomic mass is 16.7. The minimum absolute atomic E-state index is 0.0418. The van der Waals surface area contributed by atoms with Crippen molar-refractivity contribution < 1.29 is 67.3 Å². The molecule has 18 heteroatoms. The zero-order chi connectivity index (χ0) is 65.6. The maximum Gasteiger partial charge on any atom is 0.407 e. The van der Waals surface area contributed by atoms with Crippen molar-refractivity contribution in [2.45, 2.75) is 231 Å². The van der Waals surface area contributed by atoms with Crippen molar-refractivity contribution in [3.63, 3.8) is 0 Å². The third-order valence-corrected chi connectivity index (χ3v) is 19.0. The maximum atomic E-state index is 12.8. The van der Waals surface area contributed by atoms with E-state index in [2.05, 4.69) is 91.1 Å². The predicted octanol–water partition coefficient (Wildman–Crippen LogP) is 11.4. The summed E-state index contributed by atoms with van der Waals surface area (Å²) in [5.74, 6) is -0.855. The van der Waals surface area contributed by atoms with Crippen LogP contribution in [0.5, 0.6) is 0 Å². The molecule has 2 unspecified atom stereocenters. The number of ketones is 1. The molecule has 4 saturated heterocycles. The number of benzene rings is 2. The number of fused-ring (bicyclic) bond motifs is 3. The fraction of sp³-hybridized carbons (Fsp3) is 0.708. The van der Waals surface area contributed by atoms with Crippen LogP contribution in [0, 0.1) is 35.5 Å². The van der Waals surface area contributed by atoms with Crippen LogP contribution in [0.3, 0.4) is 0 Å². The number of methoxy groups -OCH3 is 2. The molecule has 5 aliphatic rings. The van der Waals surface area contributed by atoms with Crippen LogP contribution in [0.4, 0.5) is 4.79 Å². The highest BCUT2D eigenvalue weighted by Gasteiger charge is 2.46. The molecule has 4 aliphatic heterocycles. The van der Waals surface area contributed by atoms with Gasteiger partial charge in [0.15, 0.2) is 11.6 Å². The number of nitrogens with one attached hydrogen (secondary N) is 4. The molecule has 0 saturated carbocycles. The smallest absolute Gasteiger partial charge is 0.407 e. The molecule has 7 rings (SSSR count). The predicted molar refractivity (Wildman–Crippen MR) is 351 cm³/mol. The van der Waals surface area contributed by atoms with E-state index >= 15 is 0 Å². The lowest BCUT2D eigenvalue weighted by Gasteiger charge is -2.48. The van der Waals surface area contributed by atoms with Gasteiger partial charge >= 0.3 is 6.09 Å². The molecule has 2 aromatic carbocycles. The summed E-state index contributed by atoms with van der Waals surface area (Å²) in [5, 5.41) is 32.1. The SMILES string of the molecule is C=C[C@@H](C)CC[C@@H]1CCC[C@]2(CCC(C)[C@@H](CCCNC(=O)[C@@H](C)[C@@H](O)CNC(=O)CCOC)O2)O1.C=C[C@@H](C)CC[C@@H]1CCC[C@]2(CCC(C)[C@@H](CCCNC(=O)[C@@H](C)[C@@H](O)CNC(=O)OCC3c4ccccc4-c4ccccc43)O2)O1.COCCC(C)=O. The Morgan fingerprint density at radius 2 is 1.06 bits per heavy atom. The molecule has 0 aromatic heterocycles. The van der Waals surface area contributed by atoms with E-state index in [9.17, 15) is 34.2 Å². The first-order valence-corrected chi connectivity index (χ1v) is 33.9. The molecule has 2 spiro atoms. The van der Waals surface area contributed by atoms with Crippen LogP contribution >= 0.6 is 0 Å². The van der Waals surface area contributed by atoms with Gasteiger partial charge in [0.25, 0.3) is 0 Å². The maximum absolute atomic E-state index is 12.8. The molecule has 4 heterocycles. The van der Waals surface area contributed by atoms with Crippen molar-refractivity contribution in [1.29, 1.82) is 0 Å². The lowest BCUT2D eigenvalue weighted by molar-refractivity contribution is -0.324.